The van der Waals surface area contributed by atoms with Crippen LogP contribution < -0.4 is 5.32 Å². The Morgan fingerprint density at radius 3 is 2.12 bits per heavy atom. The third kappa shape index (κ3) is 9.52. The van der Waals surface area contributed by atoms with E-state index >= 15 is 0 Å². The lowest BCUT2D eigenvalue weighted by molar-refractivity contribution is -0.140. The smallest absolute Gasteiger partial charge is 0.305 e. The predicted octanol–water partition coefficient (Wildman–Crippen LogP) is 6.41. The van der Waals surface area contributed by atoms with Crippen molar-refractivity contribution < 1.29 is 19.1 Å². The first-order chi connectivity index (χ1) is 15.0. The summed E-state index contributed by atoms with van der Waals surface area (Å²) in [5.74, 6) is -0.217. The molecule has 172 valence electrons. The van der Waals surface area contributed by atoms with Crippen LogP contribution in [0.15, 0.2) is 52.8 Å². The highest BCUT2D eigenvalue weighted by Gasteiger charge is 2.11. The van der Waals surface area contributed by atoms with Gasteiger partial charge in [-0.15, -0.1) is 0 Å². The molecule has 0 aliphatic rings. The van der Waals surface area contributed by atoms with Gasteiger partial charge in [0.15, 0.2) is 0 Å². The number of carbonyl (C=O) groups excluding carboxylic acids is 3. The van der Waals surface area contributed by atoms with Crippen LogP contribution >= 0.6 is 11.8 Å². The Bertz CT molecular complexity index is 962. The van der Waals surface area contributed by atoms with Crippen molar-refractivity contribution in [1.29, 1.82) is 0 Å². The minimum absolute atomic E-state index is 0.0824. The van der Waals surface area contributed by atoms with Crippen LogP contribution in [0.3, 0.4) is 0 Å². The number of ether oxygens (including phenoxy) is 1. The predicted molar refractivity (Wildman–Crippen MR) is 132 cm³/mol. The van der Waals surface area contributed by atoms with Gasteiger partial charge in [0, 0.05) is 29.0 Å². The summed E-state index contributed by atoms with van der Waals surface area (Å²) in [6.07, 6.45) is 1.41. The molecule has 0 heterocycles. The van der Waals surface area contributed by atoms with Crippen molar-refractivity contribution in [3.63, 3.8) is 0 Å². The van der Waals surface area contributed by atoms with E-state index < -0.39 is 0 Å². The van der Waals surface area contributed by atoms with E-state index in [4.69, 9.17) is 0 Å². The lowest BCUT2D eigenvalue weighted by atomic mass is 10.1. The fraction of sp³-hybridized carbons (Fsp3) is 0.346. The molecule has 6 heteroatoms. The molecule has 0 saturated carbocycles. The van der Waals surface area contributed by atoms with Crippen LogP contribution in [0.25, 0.3) is 0 Å². The molecule has 5 nitrogen and oxygen atoms in total. The van der Waals surface area contributed by atoms with Gasteiger partial charge in [0.05, 0.1) is 7.11 Å². The lowest BCUT2D eigenvalue weighted by Gasteiger charge is -2.13. The van der Waals surface area contributed by atoms with Crippen molar-refractivity contribution in [2.45, 2.75) is 58.8 Å². The first-order valence-electron chi connectivity index (χ1n) is 10.4. The molecule has 0 aliphatic carbocycles. The summed E-state index contributed by atoms with van der Waals surface area (Å²) in [6, 6.07) is 11.8. The molecule has 2 aromatic carbocycles. The van der Waals surface area contributed by atoms with E-state index in [0.717, 1.165) is 32.2 Å². The van der Waals surface area contributed by atoms with E-state index in [1.807, 2.05) is 64.1 Å². The Labute approximate surface area is 195 Å². The molecule has 0 spiro atoms. The number of anilines is 1. The van der Waals surface area contributed by atoms with Crippen LogP contribution in [0.2, 0.25) is 0 Å². The van der Waals surface area contributed by atoms with Crippen molar-refractivity contribution in [3.05, 3.63) is 70.1 Å². The minimum atomic E-state index is -0.249. The fourth-order valence-corrected chi connectivity index (χ4v) is 3.61. The summed E-state index contributed by atoms with van der Waals surface area (Å²) in [7, 11) is 1.34. The highest BCUT2D eigenvalue weighted by molar-refractivity contribution is 8.03. The maximum absolute atomic E-state index is 12.5. The summed E-state index contributed by atoms with van der Waals surface area (Å²) in [5, 5.41) is 3.02. The second kappa shape index (κ2) is 13.5. The Hall–Kier alpha value is -2.86. The van der Waals surface area contributed by atoms with Crippen LogP contribution in [0.1, 0.15) is 60.2 Å². The zero-order valence-corrected chi connectivity index (χ0v) is 20.7. The van der Waals surface area contributed by atoms with Gasteiger partial charge in [0.2, 0.25) is 0 Å². The minimum Gasteiger partial charge on any atom is -0.469 e. The zero-order valence-electron chi connectivity index (χ0n) is 19.8. The second-order valence-corrected chi connectivity index (χ2v) is 8.98. The quantitative estimate of drug-likeness (QED) is 0.368. The molecule has 0 fully saturated rings. The summed E-state index contributed by atoms with van der Waals surface area (Å²) in [6.45, 7) is 13.4. The monoisotopic (exact) mass is 455 g/mol. The Balaban J connectivity index is 0.000000433. The summed E-state index contributed by atoms with van der Waals surface area (Å²) in [4.78, 5) is 35.4. The van der Waals surface area contributed by atoms with Crippen molar-refractivity contribution in [3.8, 4) is 0 Å². The third-order valence-electron chi connectivity index (χ3n) is 4.59. The van der Waals surface area contributed by atoms with Crippen molar-refractivity contribution in [2.75, 3.05) is 12.4 Å². The number of hydrogen-bond acceptors (Lipinski definition) is 5. The number of Topliss-reactive ketones (excluding diaryl/α,β-unsaturated/α-hetero) is 1. The average molecular weight is 456 g/mol. The number of aryl methyl sites for hydroxylation is 3. The van der Waals surface area contributed by atoms with Crippen LogP contribution in [-0.4, -0.2) is 24.8 Å². The normalized spacial score (nSPS) is 9.94. The van der Waals surface area contributed by atoms with Gasteiger partial charge in [0.1, 0.15) is 5.78 Å². The SMILES string of the molecule is C=C(C)Sc1cc(C(=O)Nc2c(C)cccc2C)ccc1C.COC(=O)CCCC(C)=O. The van der Waals surface area contributed by atoms with Crippen molar-refractivity contribution >= 4 is 35.1 Å². The topological polar surface area (TPSA) is 72.5 Å². The molecule has 0 aliphatic heterocycles. The van der Waals surface area contributed by atoms with Gasteiger partial charge in [-0.3, -0.25) is 9.59 Å². The molecule has 0 unspecified atom stereocenters. The highest BCUT2D eigenvalue weighted by atomic mass is 32.2. The first-order valence-corrected chi connectivity index (χ1v) is 11.2. The number of nitrogens with one attached hydrogen (secondary N) is 1. The maximum Gasteiger partial charge on any atom is 0.305 e. The molecule has 2 rings (SSSR count). The first kappa shape index (κ1) is 27.2. The number of amides is 1. The van der Waals surface area contributed by atoms with Crippen LogP contribution in [-0.2, 0) is 14.3 Å². The van der Waals surface area contributed by atoms with Crippen LogP contribution in [0.5, 0.6) is 0 Å². The molecule has 0 radical (unpaired) electrons. The number of methoxy groups -OCH3 is 1. The highest BCUT2D eigenvalue weighted by Crippen LogP contribution is 2.29. The van der Waals surface area contributed by atoms with Gasteiger partial charge in [-0.2, -0.15) is 0 Å². The molecule has 2 aromatic rings. The van der Waals surface area contributed by atoms with Crippen molar-refractivity contribution in [2.24, 2.45) is 0 Å². The molecule has 32 heavy (non-hydrogen) atoms. The molecular weight excluding hydrogens is 422 g/mol. The summed E-state index contributed by atoms with van der Waals surface area (Å²) in [5.41, 5.74) is 4.84. The van der Waals surface area contributed by atoms with Gasteiger partial charge in [-0.05, 0) is 74.8 Å². The largest absolute Gasteiger partial charge is 0.469 e. The van der Waals surface area contributed by atoms with E-state index in [9.17, 15) is 14.4 Å². The summed E-state index contributed by atoms with van der Waals surface area (Å²) < 4.78 is 4.38. The van der Waals surface area contributed by atoms with Crippen molar-refractivity contribution in [1.82, 2.24) is 0 Å². The van der Waals surface area contributed by atoms with E-state index in [1.54, 1.807) is 11.8 Å². The average Bonchev–Trinajstić information content (AvgIpc) is 2.72. The molecule has 0 saturated heterocycles. The zero-order chi connectivity index (χ0) is 24.3. The molecule has 1 N–H and O–H groups in total. The number of esters is 1. The number of allylic oxidation sites excluding steroid dienone is 1. The molecule has 1 amide bonds. The number of para-hydroxylation sites is 1. The lowest BCUT2D eigenvalue weighted by Crippen LogP contribution is -2.14. The van der Waals surface area contributed by atoms with Crippen LogP contribution in [0, 0.1) is 20.8 Å². The van der Waals surface area contributed by atoms with E-state index in [-0.39, 0.29) is 17.7 Å². The molecule has 0 bridgehead atoms. The number of rotatable bonds is 8. The van der Waals surface area contributed by atoms with Gasteiger partial charge >= 0.3 is 5.97 Å². The number of thioether (sulfide) groups is 1. The van der Waals surface area contributed by atoms with Gasteiger partial charge in [0.25, 0.3) is 5.91 Å². The number of hydrogen-bond donors (Lipinski definition) is 1. The van der Waals surface area contributed by atoms with E-state index in [2.05, 4.69) is 16.6 Å². The van der Waals surface area contributed by atoms with Gasteiger partial charge < -0.3 is 14.8 Å². The maximum atomic E-state index is 12.5. The second-order valence-electron chi connectivity index (χ2n) is 7.64. The van der Waals surface area contributed by atoms with E-state index in [0.29, 0.717) is 24.8 Å². The Morgan fingerprint density at radius 2 is 1.59 bits per heavy atom. The van der Waals surface area contributed by atoms with Gasteiger partial charge in [-0.1, -0.05) is 42.6 Å². The fourth-order valence-electron chi connectivity index (χ4n) is 2.82. The summed E-state index contributed by atoms with van der Waals surface area (Å²) >= 11 is 1.59. The Kier molecular flexibility index (Phi) is 11.5. The standard InChI is InChI=1S/C19H21NOS.C7H12O3/c1-12(2)22-17-11-16(10-9-13(17)3)19(21)20-18-14(4)7-6-8-15(18)5;1-6(8)4-3-5-7(9)10-2/h6-11H,1H2,2-5H3,(H,20,21);3-5H2,1-2H3. The Morgan fingerprint density at radius 1 is 0.969 bits per heavy atom. The third-order valence-corrected chi connectivity index (χ3v) is 5.60. The number of benzene rings is 2. The van der Waals surface area contributed by atoms with Crippen LogP contribution in [0.4, 0.5) is 5.69 Å². The molecular formula is C26H33NO4S. The number of ketones is 1. The van der Waals surface area contributed by atoms with Gasteiger partial charge in [-0.25, -0.2) is 0 Å². The van der Waals surface area contributed by atoms with E-state index in [1.165, 1.54) is 14.0 Å². The number of carbonyl (C=O) groups is 3. The molecule has 0 atom stereocenters. The molecule has 0 aromatic heterocycles.